The molecule has 0 bridgehead atoms. The van der Waals surface area contributed by atoms with Gasteiger partial charge in [0.15, 0.2) is 0 Å². The van der Waals surface area contributed by atoms with Crippen molar-refractivity contribution in [1.82, 2.24) is 20.1 Å². The first-order chi connectivity index (χ1) is 10.6. The van der Waals surface area contributed by atoms with Crippen LogP contribution in [0.3, 0.4) is 0 Å². The third-order valence-corrected chi connectivity index (χ3v) is 4.54. The zero-order valence-corrected chi connectivity index (χ0v) is 12.9. The molecule has 0 atom stereocenters. The van der Waals surface area contributed by atoms with Crippen LogP contribution in [0, 0.1) is 5.41 Å². The molecule has 1 aliphatic carbocycles. The Morgan fingerprint density at radius 1 is 1.23 bits per heavy atom. The first-order valence-electron chi connectivity index (χ1n) is 7.78. The van der Waals surface area contributed by atoms with Crippen LogP contribution in [0.25, 0.3) is 0 Å². The molecule has 1 aromatic heterocycles. The van der Waals surface area contributed by atoms with Crippen molar-refractivity contribution in [2.75, 3.05) is 33.2 Å². The maximum absolute atomic E-state index is 12.7. The molecule has 6 nitrogen and oxygen atoms in total. The minimum absolute atomic E-state index is 0.000814. The van der Waals surface area contributed by atoms with Crippen LogP contribution < -0.4 is 5.32 Å². The molecule has 6 heteroatoms. The summed E-state index contributed by atoms with van der Waals surface area (Å²) in [5, 5.41) is 2.87. The predicted octanol–water partition coefficient (Wildman–Crippen LogP) is 0.252. The summed E-state index contributed by atoms with van der Waals surface area (Å²) in [4.78, 5) is 33.3. The van der Waals surface area contributed by atoms with Crippen molar-refractivity contribution in [2.24, 2.45) is 5.41 Å². The lowest BCUT2D eigenvalue weighted by atomic mass is 10.0. The number of nitrogens with zero attached hydrogens (tertiary/aromatic N) is 3. The van der Waals surface area contributed by atoms with Crippen LogP contribution in [0.1, 0.15) is 18.5 Å². The fourth-order valence-corrected chi connectivity index (χ4v) is 2.82. The molecular weight excluding hydrogens is 280 g/mol. The molecule has 0 aromatic carbocycles. The molecule has 0 spiro atoms. The van der Waals surface area contributed by atoms with Crippen LogP contribution in [0.15, 0.2) is 24.4 Å². The lowest BCUT2D eigenvalue weighted by Gasteiger charge is -2.34. The van der Waals surface area contributed by atoms with Gasteiger partial charge in [0.2, 0.25) is 11.8 Å². The van der Waals surface area contributed by atoms with E-state index in [4.69, 9.17) is 0 Å². The molecule has 1 aliphatic heterocycles. The minimum atomic E-state index is -0.815. The largest absolute Gasteiger partial charge is 0.350 e. The molecule has 22 heavy (non-hydrogen) atoms. The lowest BCUT2D eigenvalue weighted by molar-refractivity contribution is -0.145. The Balaban J connectivity index is 1.58. The van der Waals surface area contributed by atoms with Crippen LogP contribution in [-0.4, -0.2) is 59.8 Å². The van der Waals surface area contributed by atoms with Crippen molar-refractivity contribution in [1.29, 1.82) is 0 Å². The molecule has 1 saturated heterocycles. The second-order valence-corrected chi connectivity index (χ2v) is 6.18. The van der Waals surface area contributed by atoms with E-state index in [2.05, 4.69) is 15.2 Å². The molecule has 2 amide bonds. The Morgan fingerprint density at radius 3 is 2.55 bits per heavy atom. The van der Waals surface area contributed by atoms with Gasteiger partial charge in [-0.2, -0.15) is 0 Å². The van der Waals surface area contributed by atoms with Crippen LogP contribution in [0.4, 0.5) is 0 Å². The van der Waals surface area contributed by atoms with E-state index in [0.717, 1.165) is 18.8 Å². The van der Waals surface area contributed by atoms with E-state index < -0.39 is 5.41 Å². The van der Waals surface area contributed by atoms with Gasteiger partial charge < -0.3 is 15.1 Å². The normalized spacial score (nSPS) is 20.5. The molecule has 3 rings (SSSR count). The van der Waals surface area contributed by atoms with E-state index >= 15 is 0 Å². The van der Waals surface area contributed by atoms with Gasteiger partial charge in [-0.1, -0.05) is 6.07 Å². The maximum atomic E-state index is 12.7. The summed E-state index contributed by atoms with van der Waals surface area (Å²) >= 11 is 0. The van der Waals surface area contributed by atoms with Gasteiger partial charge in [0.25, 0.3) is 0 Å². The molecule has 1 aromatic rings. The zero-order valence-electron chi connectivity index (χ0n) is 12.9. The smallest absolute Gasteiger partial charge is 0.238 e. The third kappa shape index (κ3) is 2.97. The van der Waals surface area contributed by atoms with Gasteiger partial charge in [0, 0.05) is 32.4 Å². The van der Waals surface area contributed by atoms with Gasteiger partial charge in [0.1, 0.15) is 5.41 Å². The second kappa shape index (κ2) is 6.04. The van der Waals surface area contributed by atoms with Crippen molar-refractivity contribution in [3.8, 4) is 0 Å². The molecule has 118 valence electrons. The highest BCUT2D eigenvalue weighted by Crippen LogP contribution is 2.47. The van der Waals surface area contributed by atoms with Crippen molar-refractivity contribution >= 4 is 11.8 Å². The van der Waals surface area contributed by atoms with E-state index in [0.29, 0.717) is 32.5 Å². The summed E-state index contributed by atoms with van der Waals surface area (Å²) in [7, 11) is 2.05. The van der Waals surface area contributed by atoms with Crippen LogP contribution >= 0.6 is 0 Å². The fourth-order valence-electron chi connectivity index (χ4n) is 2.82. The summed E-state index contributed by atoms with van der Waals surface area (Å²) in [6.45, 7) is 3.54. The van der Waals surface area contributed by atoms with Gasteiger partial charge in [-0.15, -0.1) is 0 Å². The van der Waals surface area contributed by atoms with E-state index in [1.807, 2.05) is 30.1 Å². The van der Waals surface area contributed by atoms with Crippen LogP contribution in [-0.2, 0) is 16.1 Å². The standard InChI is InChI=1S/C16H22N4O2/c1-19-8-10-20(11-9-19)15(22)16(5-6-16)14(21)18-12-13-4-2-3-7-17-13/h2-4,7H,5-6,8-12H2,1H3,(H,18,21). The first-order valence-corrected chi connectivity index (χ1v) is 7.78. The number of rotatable bonds is 4. The van der Waals surface area contributed by atoms with Crippen molar-refractivity contribution in [3.63, 3.8) is 0 Å². The lowest BCUT2D eigenvalue weighted by Crippen LogP contribution is -2.52. The Hall–Kier alpha value is -1.95. The SMILES string of the molecule is CN1CCN(C(=O)C2(C(=O)NCc3ccccn3)CC2)CC1. The van der Waals surface area contributed by atoms with Gasteiger partial charge in [0.05, 0.1) is 12.2 Å². The van der Waals surface area contributed by atoms with Gasteiger partial charge in [-0.25, -0.2) is 0 Å². The zero-order chi connectivity index (χ0) is 15.6. The molecule has 1 N–H and O–H groups in total. The number of nitrogens with one attached hydrogen (secondary N) is 1. The quantitative estimate of drug-likeness (QED) is 0.810. The van der Waals surface area contributed by atoms with Gasteiger partial charge in [-0.3, -0.25) is 14.6 Å². The number of pyridine rings is 1. The summed E-state index contributed by atoms with van der Waals surface area (Å²) in [6.07, 6.45) is 3.02. The molecule has 2 heterocycles. The Labute approximate surface area is 130 Å². The summed E-state index contributed by atoms with van der Waals surface area (Å²) in [5.74, 6) is -0.152. The maximum Gasteiger partial charge on any atom is 0.238 e. The predicted molar refractivity (Wildman–Crippen MR) is 81.8 cm³/mol. The highest BCUT2D eigenvalue weighted by atomic mass is 16.2. The molecular formula is C16H22N4O2. The molecule has 0 radical (unpaired) electrons. The molecule has 0 unspecified atom stereocenters. The number of carbonyl (C=O) groups is 2. The Bertz CT molecular complexity index is 549. The summed E-state index contributed by atoms with van der Waals surface area (Å²) in [5.41, 5.74) is -0.0104. The van der Waals surface area contributed by atoms with Gasteiger partial charge >= 0.3 is 0 Å². The summed E-state index contributed by atoms with van der Waals surface area (Å²) in [6, 6.07) is 5.59. The Kier molecular flexibility index (Phi) is 4.11. The average Bonchev–Trinajstić information content (AvgIpc) is 3.35. The highest BCUT2D eigenvalue weighted by molar-refractivity contribution is 6.07. The monoisotopic (exact) mass is 302 g/mol. The number of likely N-dealkylation sites (N-methyl/N-ethyl adjacent to an activating group) is 1. The third-order valence-electron chi connectivity index (χ3n) is 4.54. The molecule has 2 fully saturated rings. The number of hydrogen-bond donors (Lipinski definition) is 1. The second-order valence-electron chi connectivity index (χ2n) is 6.18. The molecule has 2 aliphatic rings. The number of hydrogen-bond acceptors (Lipinski definition) is 4. The van der Waals surface area contributed by atoms with Gasteiger partial charge in [-0.05, 0) is 32.0 Å². The Morgan fingerprint density at radius 2 is 1.95 bits per heavy atom. The van der Waals surface area contributed by atoms with E-state index in [1.54, 1.807) is 6.20 Å². The minimum Gasteiger partial charge on any atom is -0.350 e. The van der Waals surface area contributed by atoms with Crippen molar-refractivity contribution in [2.45, 2.75) is 19.4 Å². The molecule has 1 saturated carbocycles. The first kappa shape index (κ1) is 15.0. The van der Waals surface area contributed by atoms with Crippen molar-refractivity contribution < 1.29 is 9.59 Å². The van der Waals surface area contributed by atoms with E-state index in [-0.39, 0.29) is 11.8 Å². The van der Waals surface area contributed by atoms with Crippen LogP contribution in [0.5, 0.6) is 0 Å². The number of piperazine rings is 1. The van der Waals surface area contributed by atoms with E-state index in [9.17, 15) is 9.59 Å². The number of aromatic nitrogens is 1. The highest BCUT2D eigenvalue weighted by Gasteiger charge is 2.57. The van der Waals surface area contributed by atoms with Crippen molar-refractivity contribution in [3.05, 3.63) is 30.1 Å². The van der Waals surface area contributed by atoms with E-state index in [1.165, 1.54) is 0 Å². The topological polar surface area (TPSA) is 65.5 Å². The number of amides is 2. The average molecular weight is 302 g/mol. The fraction of sp³-hybridized carbons (Fsp3) is 0.562. The number of carbonyl (C=O) groups excluding carboxylic acids is 2. The summed E-state index contributed by atoms with van der Waals surface area (Å²) < 4.78 is 0. The van der Waals surface area contributed by atoms with Crippen LogP contribution in [0.2, 0.25) is 0 Å².